The first-order valence-corrected chi connectivity index (χ1v) is 8.10. The van der Waals surface area contributed by atoms with Gasteiger partial charge in [0, 0.05) is 10.8 Å². The Hall–Kier alpha value is -0.760. The number of aliphatic carboxylic acids is 1. The van der Waals surface area contributed by atoms with Crippen molar-refractivity contribution in [2.45, 2.75) is 10.9 Å². The maximum atomic E-state index is 11.9. The first-order chi connectivity index (χ1) is 8.36. The van der Waals surface area contributed by atoms with E-state index >= 15 is 0 Å². The summed E-state index contributed by atoms with van der Waals surface area (Å²) in [6.45, 7) is 0. The van der Waals surface area contributed by atoms with E-state index < -0.39 is 22.0 Å². The number of hydrogen-bond acceptors (Lipinski definition) is 5. The highest BCUT2D eigenvalue weighted by atomic mass is 35.5. The summed E-state index contributed by atoms with van der Waals surface area (Å²) in [4.78, 5) is 10.7. The lowest BCUT2D eigenvalue weighted by Gasteiger charge is -2.18. The van der Waals surface area contributed by atoms with Crippen LogP contribution in [0.25, 0.3) is 0 Å². The van der Waals surface area contributed by atoms with Crippen molar-refractivity contribution in [3.8, 4) is 0 Å². The number of carboxylic acids is 1. The molecule has 100 valence electrons. The quantitative estimate of drug-likeness (QED) is 0.805. The number of carbonyl (C=O) groups is 1. The highest BCUT2D eigenvalue weighted by molar-refractivity contribution is 7.98. The van der Waals surface area contributed by atoms with Crippen LogP contribution in [0.15, 0.2) is 29.2 Å². The van der Waals surface area contributed by atoms with Crippen LogP contribution in [0.3, 0.4) is 0 Å². The molecule has 5 nitrogen and oxygen atoms in total. The van der Waals surface area contributed by atoms with Gasteiger partial charge in [-0.2, -0.15) is 11.8 Å². The van der Waals surface area contributed by atoms with Gasteiger partial charge in [0.2, 0.25) is 10.0 Å². The number of halogens is 1. The molecule has 1 aromatic carbocycles. The summed E-state index contributed by atoms with van der Waals surface area (Å²) in [6.07, 6.45) is 1.67. The fourth-order valence-electron chi connectivity index (χ4n) is 1.19. The van der Waals surface area contributed by atoms with Gasteiger partial charge < -0.3 is 9.90 Å². The molecule has 0 amide bonds. The third-order valence-corrected chi connectivity index (χ3v) is 4.45. The first kappa shape index (κ1) is 15.3. The minimum atomic E-state index is -3.89. The monoisotopic (exact) mass is 308 g/mol. The van der Waals surface area contributed by atoms with Gasteiger partial charge in [-0.3, -0.25) is 0 Å². The Labute approximate surface area is 115 Å². The predicted molar refractivity (Wildman–Crippen MR) is 69.0 cm³/mol. The second kappa shape index (κ2) is 6.42. The molecule has 0 aliphatic carbocycles. The number of carbonyl (C=O) groups excluding carboxylic acids is 1. The van der Waals surface area contributed by atoms with Crippen molar-refractivity contribution < 1.29 is 18.3 Å². The van der Waals surface area contributed by atoms with Crippen LogP contribution in [0.5, 0.6) is 0 Å². The van der Waals surface area contributed by atoms with Crippen molar-refractivity contribution in [2.24, 2.45) is 0 Å². The van der Waals surface area contributed by atoms with E-state index in [4.69, 9.17) is 11.6 Å². The maximum absolute atomic E-state index is 11.9. The second-order valence-corrected chi connectivity index (χ2v) is 6.46. The van der Waals surface area contributed by atoms with Crippen LogP contribution >= 0.6 is 23.4 Å². The molecule has 0 bridgehead atoms. The van der Waals surface area contributed by atoms with Gasteiger partial charge in [0.1, 0.15) is 0 Å². The average molecular weight is 309 g/mol. The fraction of sp³-hybridized carbons (Fsp3) is 0.300. The van der Waals surface area contributed by atoms with Crippen LogP contribution in [0, 0.1) is 0 Å². The van der Waals surface area contributed by atoms with Gasteiger partial charge >= 0.3 is 0 Å². The van der Waals surface area contributed by atoms with Crippen LogP contribution in [0.1, 0.15) is 0 Å². The van der Waals surface area contributed by atoms with E-state index in [1.54, 1.807) is 6.26 Å². The normalized spacial score (nSPS) is 13.2. The predicted octanol–water partition coefficient (Wildman–Crippen LogP) is 0.0998. The third-order valence-electron chi connectivity index (χ3n) is 2.04. The zero-order chi connectivity index (χ0) is 13.8. The van der Waals surface area contributed by atoms with Crippen molar-refractivity contribution in [1.82, 2.24) is 4.72 Å². The molecule has 0 saturated heterocycles. The van der Waals surface area contributed by atoms with Gasteiger partial charge in [-0.25, -0.2) is 13.1 Å². The lowest BCUT2D eigenvalue weighted by molar-refractivity contribution is -0.307. The summed E-state index contributed by atoms with van der Waals surface area (Å²) in [5.74, 6) is -1.36. The van der Waals surface area contributed by atoms with Crippen molar-refractivity contribution in [3.63, 3.8) is 0 Å². The Morgan fingerprint density at radius 2 is 2.00 bits per heavy atom. The molecule has 1 aromatic rings. The molecule has 1 rings (SSSR count). The maximum Gasteiger partial charge on any atom is 0.241 e. The molecule has 0 radical (unpaired) electrons. The second-order valence-electron chi connectivity index (χ2n) is 3.40. The lowest BCUT2D eigenvalue weighted by atomic mass is 10.4. The topological polar surface area (TPSA) is 86.3 Å². The van der Waals surface area contributed by atoms with Crippen molar-refractivity contribution in [1.29, 1.82) is 0 Å². The largest absolute Gasteiger partial charge is 0.548 e. The molecular weight excluding hydrogens is 298 g/mol. The molecule has 0 aromatic heterocycles. The Bertz CT molecular complexity index is 515. The SMILES string of the molecule is CSC[C@H](NS(=O)(=O)c1ccc(Cl)cc1)C(=O)[O-]. The van der Waals surface area contributed by atoms with Crippen LogP contribution in [-0.2, 0) is 14.8 Å². The van der Waals surface area contributed by atoms with E-state index in [-0.39, 0.29) is 10.6 Å². The molecule has 8 heteroatoms. The van der Waals surface area contributed by atoms with Crippen LogP contribution in [-0.4, -0.2) is 32.4 Å². The standard InChI is InChI=1S/C10H12ClNO4S2/c1-17-6-9(10(13)14)12-18(15,16)8-4-2-7(11)3-5-8/h2-5,9,12H,6H2,1H3,(H,13,14)/p-1/t9-/m0/s1. The zero-order valence-electron chi connectivity index (χ0n) is 9.42. The van der Waals surface area contributed by atoms with E-state index in [0.717, 1.165) is 0 Å². The van der Waals surface area contributed by atoms with Crippen LogP contribution < -0.4 is 9.83 Å². The van der Waals surface area contributed by atoms with Crippen molar-refractivity contribution in [2.75, 3.05) is 12.0 Å². The fourth-order valence-corrected chi connectivity index (χ4v) is 3.15. The van der Waals surface area contributed by atoms with Crippen LogP contribution in [0.4, 0.5) is 0 Å². The van der Waals surface area contributed by atoms with Gasteiger partial charge in [-0.05, 0) is 30.5 Å². The summed E-state index contributed by atoms with van der Waals surface area (Å²) in [5, 5.41) is 11.2. The number of nitrogens with one attached hydrogen (secondary N) is 1. The molecule has 0 saturated carbocycles. The smallest absolute Gasteiger partial charge is 0.241 e. The molecule has 0 heterocycles. The summed E-state index contributed by atoms with van der Waals surface area (Å²) in [5.41, 5.74) is 0. The number of sulfonamides is 1. The van der Waals surface area contributed by atoms with Gasteiger partial charge in [0.15, 0.2) is 0 Å². The van der Waals surface area contributed by atoms with E-state index in [1.165, 1.54) is 36.0 Å². The van der Waals surface area contributed by atoms with E-state index in [0.29, 0.717) is 5.02 Å². The molecule has 0 unspecified atom stereocenters. The lowest BCUT2D eigenvalue weighted by Crippen LogP contribution is -2.49. The Balaban J connectivity index is 2.93. The number of rotatable bonds is 6. The highest BCUT2D eigenvalue weighted by Gasteiger charge is 2.20. The molecule has 1 N–H and O–H groups in total. The molecule has 0 fully saturated rings. The van der Waals surface area contributed by atoms with E-state index in [9.17, 15) is 18.3 Å². The summed E-state index contributed by atoms with van der Waals surface area (Å²) in [6, 6.07) is 4.17. The number of hydrogen-bond donors (Lipinski definition) is 1. The Morgan fingerprint density at radius 3 is 2.44 bits per heavy atom. The van der Waals surface area contributed by atoms with Crippen LogP contribution in [0.2, 0.25) is 5.02 Å². The van der Waals surface area contributed by atoms with E-state index in [1.807, 2.05) is 0 Å². The average Bonchev–Trinajstić information content (AvgIpc) is 2.28. The minimum Gasteiger partial charge on any atom is -0.548 e. The Kier molecular flexibility index (Phi) is 5.46. The Morgan fingerprint density at radius 1 is 1.44 bits per heavy atom. The van der Waals surface area contributed by atoms with Gasteiger partial charge in [0.05, 0.1) is 16.9 Å². The molecule has 0 spiro atoms. The van der Waals surface area contributed by atoms with Crippen molar-refractivity contribution >= 4 is 39.4 Å². The molecule has 1 atom stereocenters. The minimum absolute atomic E-state index is 0.0424. The highest BCUT2D eigenvalue weighted by Crippen LogP contribution is 2.14. The summed E-state index contributed by atoms with van der Waals surface area (Å²) in [7, 11) is -3.89. The molecule has 0 aliphatic rings. The first-order valence-electron chi connectivity index (χ1n) is 4.84. The summed E-state index contributed by atoms with van der Waals surface area (Å²) >= 11 is 6.85. The number of benzene rings is 1. The number of carboxylic acid groups (broad SMARTS) is 1. The van der Waals surface area contributed by atoms with E-state index in [2.05, 4.69) is 4.72 Å². The third kappa shape index (κ3) is 4.16. The molecule has 18 heavy (non-hydrogen) atoms. The summed E-state index contributed by atoms with van der Waals surface area (Å²) < 4.78 is 25.8. The van der Waals surface area contributed by atoms with Gasteiger partial charge in [-0.1, -0.05) is 11.6 Å². The molecular formula is C10H11ClNO4S2-. The van der Waals surface area contributed by atoms with Gasteiger partial charge in [-0.15, -0.1) is 0 Å². The number of thioether (sulfide) groups is 1. The van der Waals surface area contributed by atoms with Crippen molar-refractivity contribution in [3.05, 3.63) is 29.3 Å². The molecule has 0 aliphatic heterocycles. The zero-order valence-corrected chi connectivity index (χ0v) is 11.8. The van der Waals surface area contributed by atoms with Gasteiger partial charge in [0.25, 0.3) is 0 Å².